The molecule has 0 heterocycles. The van der Waals surface area contributed by atoms with E-state index in [2.05, 4.69) is 111 Å². The van der Waals surface area contributed by atoms with Crippen molar-refractivity contribution < 1.29 is 9.47 Å². The molecule has 0 saturated carbocycles. The number of benzene rings is 4. The predicted molar refractivity (Wildman–Crippen MR) is 168 cm³/mol. The summed E-state index contributed by atoms with van der Waals surface area (Å²) in [4.78, 5) is 0. The van der Waals surface area contributed by atoms with E-state index in [1.165, 1.54) is 44.5 Å². The van der Waals surface area contributed by atoms with Crippen molar-refractivity contribution in [3.63, 3.8) is 0 Å². The largest absolute Gasteiger partial charge is 0.385 e. The monoisotopic (exact) mass is 532 g/mol. The third-order valence-electron chi connectivity index (χ3n) is 9.04. The van der Waals surface area contributed by atoms with Gasteiger partial charge in [0.05, 0.1) is 6.10 Å². The fourth-order valence-electron chi connectivity index (χ4n) is 7.33. The Morgan fingerprint density at radius 3 is 1.15 bits per heavy atom. The summed E-state index contributed by atoms with van der Waals surface area (Å²) in [6, 6.07) is 36.2. The number of hydrogen-bond acceptors (Lipinski definition) is 2. The lowest BCUT2D eigenvalue weighted by Crippen LogP contribution is -2.34. The van der Waals surface area contributed by atoms with Gasteiger partial charge in [0.15, 0.2) is 0 Å². The molecule has 2 nitrogen and oxygen atoms in total. The lowest BCUT2D eigenvalue weighted by atomic mass is 9.65. The van der Waals surface area contributed by atoms with Gasteiger partial charge in [0.25, 0.3) is 0 Å². The fourth-order valence-corrected chi connectivity index (χ4v) is 7.33. The van der Waals surface area contributed by atoms with Crippen molar-refractivity contribution >= 4 is 0 Å². The number of fused-ring (bicyclic) bond motifs is 6. The predicted octanol–water partition coefficient (Wildman–Crippen LogP) is 9.58. The van der Waals surface area contributed by atoms with Gasteiger partial charge in [0.1, 0.15) is 0 Å². The van der Waals surface area contributed by atoms with Gasteiger partial charge >= 0.3 is 0 Å². The Bertz CT molecular complexity index is 1340. The van der Waals surface area contributed by atoms with E-state index in [9.17, 15) is 0 Å². The van der Waals surface area contributed by atoms with Gasteiger partial charge in [0, 0.05) is 31.2 Å². The molecular weight excluding hydrogens is 488 g/mol. The first-order valence-electron chi connectivity index (χ1n) is 15.1. The lowest BCUT2D eigenvalue weighted by molar-refractivity contribution is 0.0660. The third kappa shape index (κ3) is 4.72. The highest BCUT2D eigenvalue weighted by Gasteiger charge is 2.48. The van der Waals surface area contributed by atoms with Crippen LogP contribution in [-0.4, -0.2) is 26.4 Å². The molecule has 40 heavy (non-hydrogen) atoms. The van der Waals surface area contributed by atoms with E-state index in [-0.39, 0.29) is 16.9 Å². The lowest BCUT2D eigenvalue weighted by Gasteiger charge is -2.39. The average Bonchev–Trinajstić information content (AvgIpc) is 3.44. The molecule has 4 aromatic carbocycles. The van der Waals surface area contributed by atoms with Crippen molar-refractivity contribution in [1.82, 2.24) is 0 Å². The Morgan fingerprint density at radius 1 is 0.500 bits per heavy atom. The molecule has 0 saturated heterocycles. The van der Waals surface area contributed by atoms with Crippen LogP contribution in [0.25, 0.3) is 22.3 Å². The summed E-state index contributed by atoms with van der Waals surface area (Å²) in [6.07, 6.45) is 4.27. The van der Waals surface area contributed by atoms with Crippen molar-refractivity contribution in [1.29, 1.82) is 0 Å². The van der Waals surface area contributed by atoms with Gasteiger partial charge in [0.2, 0.25) is 0 Å². The molecule has 0 unspecified atom stereocenters. The van der Waals surface area contributed by atoms with Crippen LogP contribution in [0.2, 0.25) is 0 Å². The van der Waals surface area contributed by atoms with Crippen LogP contribution in [0.15, 0.2) is 97.1 Å². The van der Waals surface area contributed by atoms with Crippen molar-refractivity contribution in [3.05, 3.63) is 119 Å². The molecule has 208 valence electrons. The molecular formula is C38H44O2. The van der Waals surface area contributed by atoms with E-state index in [0.29, 0.717) is 0 Å². The van der Waals surface area contributed by atoms with Gasteiger partial charge in [-0.25, -0.2) is 0 Å². The second-order valence-corrected chi connectivity index (χ2v) is 11.3. The summed E-state index contributed by atoms with van der Waals surface area (Å²) in [5, 5.41) is 0. The van der Waals surface area contributed by atoms with Crippen molar-refractivity contribution in [3.8, 4) is 22.3 Å². The Labute approximate surface area is 241 Å². The second kappa shape index (κ2) is 12.1. The maximum absolute atomic E-state index is 6.21. The molecule has 0 bridgehead atoms. The number of hydrogen-bond donors (Lipinski definition) is 0. The Balaban J connectivity index is 0.00000158. The Hall–Kier alpha value is -3.20. The third-order valence-corrected chi connectivity index (χ3v) is 9.04. The van der Waals surface area contributed by atoms with Crippen LogP contribution in [0.4, 0.5) is 0 Å². The smallest absolute Gasteiger partial charge is 0.0518 e. The Morgan fingerprint density at radius 2 is 0.825 bits per heavy atom. The summed E-state index contributed by atoms with van der Waals surface area (Å²) in [6.45, 7) is 9.75. The molecule has 2 aliphatic rings. The van der Waals surface area contributed by atoms with E-state index in [4.69, 9.17) is 9.47 Å². The van der Waals surface area contributed by atoms with Gasteiger partial charge in [-0.1, -0.05) is 111 Å². The highest BCUT2D eigenvalue weighted by atomic mass is 16.5. The van der Waals surface area contributed by atoms with Gasteiger partial charge < -0.3 is 9.47 Å². The quantitative estimate of drug-likeness (QED) is 0.202. The maximum Gasteiger partial charge on any atom is 0.0518 e. The summed E-state index contributed by atoms with van der Waals surface area (Å²) in [7, 11) is 1.83. The zero-order chi connectivity index (χ0) is 28.2. The van der Waals surface area contributed by atoms with E-state index in [1.54, 1.807) is 0 Å². The number of methoxy groups -OCH3 is 1. The van der Waals surface area contributed by atoms with Crippen LogP contribution in [0.5, 0.6) is 0 Å². The van der Waals surface area contributed by atoms with Crippen LogP contribution in [0.3, 0.4) is 0 Å². The SMILES string of the molecule is CC.COCCC1(CCC2(CCOC(C)C)c3ccccc3-c3ccccc32)c2ccccc2-c2ccccc21. The van der Waals surface area contributed by atoms with Crippen molar-refractivity contribution in [2.75, 3.05) is 20.3 Å². The molecule has 0 amide bonds. The maximum atomic E-state index is 6.21. The van der Waals surface area contributed by atoms with Crippen LogP contribution >= 0.6 is 0 Å². The first kappa shape index (κ1) is 28.3. The first-order valence-corrected chi connectivity index (χ1v) is 15.1. The molecule has 2 aliphatic carbocycles. The molecule has 0 spiro atoms. The molecule has 0 atom stereocenters. The highest BCUT2D eigenvalue weighted by molar-refractivity contribution is 5.82. The van der Waals surface area contributed by atoms with Crippen LogP contribution < -0.4 is 0 Å². The normalized spacial score (nSPS) is 15.1. The van der Waals surface area contributed by atoms with E-state index >= 15 is 0 Å². The summed E-state index contributed by atoms with van der Waals surface area (Å²) in [5.74, 6) is 0. The van der Waals surface area contributed by atoms with Gasteiger partial charge in [-0.3, -0.25) is 0 Å². The van der Waals surface area contributed by atoms with E-state index in [1.807, 2.05) is 21.0 Å². The van der Waals surface area contributed by atoms with Crippen molar-refractivity contribution in [2.24, 2.45) is 0 Å². The molecule has 0 fully saturated rings. The molecule has 6 rings (SSSR count). The molecule has 0 aromatic heterocycles. The highest BCUT2D eigenvalue weighted by Crippen LogP contribution is 2.58. The summed E-state index contributed by atoms with van der Waals surface area (Å²) in [5.41, 5.74) is 11.2. The average molecular weight is 533 g/mol. The van der Waals surface area contributed by atoms with Gasteiger partial charge in [-0.05, 0) is 84.0 Å². The topological polar surface area (TPSA) is 18.5 Å². The first-order chi connectivity index (χ1) is 19.6. The van der Waals surface area contributed by atoms with Crippen LogP contribution in [0.1, 0.15) is 75.6 Å². The second-order valence-electron chi connectivity index (χ2n) is 11.3. The number of rotatable bonds is 10. The Kier molecular flexibility index (Phi) is 8.59. The number of ether oxygens (including phenoxy) is 2. The standard InChI is InChI=1S/C36H38O2.C2H6/c1-26(2)38-25-23-36(33-18-10-6-14-29(33)30-15-7-11-19-34(30)36)21-20-35(22-24-37-3)31-16-8-4-12-27(31)28-13-5-9-17-32(28)35;1-2/h4-19,26H,20-25H2,1-3H3;1-2H3. The fraction of sp³-hybridized carbons (Fsp3) is 0.368. The van der Waals surface area contributed by atoms with Crippen LogP contribution in [0, 0.1) is 0 Å². The molecule has 0 radical (unpaired) electrons. The van der Waals surface area contributed by atoms with Gasteiger partial charge in [-0.15, -0.1) is 0 Å². The minimum Gasteiger partial charge on any atom is -0.385 e. The van der Waals surface area contributed by atoms with E-state index < -0.39 is 0 Å². The zero-order valence-electron chi connectivity index (χ0n) is 24.9. The van der Waals surface area contributed by atoms with Crippen LogP contribution in [-0.2, 0) is 20.3 Å². The molecule has 0 aliphatic heterocycles. The summed E-state index contributed by atoms with van der Waals surface area (Å²) < 4.78 is 12.0. The summed E-state index contributed by atoms with van der Waals surface area (Å²) >= 11 is 0. The van der Waals surface area contributed by atoms with Gasteiger partial charge in [-0.2, -0.15) is 0 Å². The van der Waals surface area contributed by atoms with E-state index in [0.717, 1.165) is 38.9 Å². The zero-order valence-corrected chi connectivity index (χ0v) is 24.9. The minimum absolute atomic E-state index is 0.0818. The minimum atomic E-state index is -0.0887. The molecule has 2 heteroatoms. The molecule has 4 aromatic rings. The van der Waals surface area contributed by atoms with Crippen molar-refractivity contribution in [2.45, 2.75) is 70.3 Å². The molecule has 0 N–H and O–H groups in total.